The summed E-state index contributed by atoms with van der Waals surface area (Å²) in [6.45, 7) is 0. The van der Waals surface area contributed by atoms with Gasteiger partial charge in [-0.05, 0) is 39.5 Å². The van der Waals surface area contributed by atoms with Gasteiger partial charge in [0.15, 0.2) is 0 Å². The third kappa shape index (κ3) is 2.60. The maximum Gasteiger partial charge on any atom is 0.148 e. The first kappa shape index (κ1) is 12.9. The van der Waals surface area contributed by atoms with Crippen LogP contribution in [0.3, 0.4) is 0 Å². The minimum atomic E-state index is -0.0158. The Morgan fingerprint density at radius 1 is 1.32 bits per heavy atom. The van der Waals surface area contributed by atoms with Crippen LogP contribution in [0.4, 0.5) is 0 Å². The van der Waals surface area contributed by atoms with E-state index in [2.05, 4.69) is 32.8 Å². The molecule has 0 bridgehead atoms. The number of para-hydroxylation sites is 1. The predicted molar refractivity (Wildman–Crippen MR) is 82.0 cm³/mol. The molecule has 0 saturated heterocycles. The lowest BCUT2D eigenvalue weighted by Crippen LogP contribution is -2.29. The molecule has 0 radical (unpaired) electrons. The number of hydrazine groups is 1. The van der Waals surface area contributed by atoms with Crippen LogP contribution in [0.5, 0.6) is 0 Å². The maximum atomic E-state index is 5.92. The molecule has 5 heteroatoms. The quantitative estimate of drug-likeness (QED) is 0.559. The molecule has 19 heavy (non-hydrogen) atoms. The number of fused-ring (bicyclic) bond motifs is 1. The fourth-order valence-corrected chi connectivity index (χ4v) is 3.31. The summed E-state index contributed by atoms with van der Waals surface area (Å²) >= 11 is 5.22. The molecule has 0 saturated carbocycles. The average Bonchev–Trinajstić information content (AvgIpc) is 3.05. The van der Waals surface area contributed by atoms with E-state index in [0.717, 1.165) is 27.6 Å². The highest BCUT2D eigenvalue weighted by Gasteiger charge is 2.17. The standard InChI is InChI=1S/C14H13BrN2OS/c15-11-5-1-3-9-7-13(18-14(9)11)12(17-16)8-10-4-2-6-19-10/h1-7,12,17H,8,16H2. The summed E-state index contributed by atoms with van der Waals surface area (Å²) in [5.41, 5.74) is 3.70. The van der Waals surface area contributed by atoms with Gasteiger partial charge < -0.3 is 4.42 Å². The van der Waals surface area contributed by atoms with Crippen molar-refractivity contribution in [2.75, 3.05) is 0 Å². The van der Waals surface area contributed by atoms with Gasteiger partial charge in [-0.1, -0.05) is 18.2 Å². The Morgan fingerprint density at radius 3 is 2.89 bits per heavy atom. The van der Waals surface area contributed by atoms with Crippen molar-refractivity contribution in [2.45, 2.75) is 12.5 Å². The Labute approximate surface area is 123 Å². The van der Waals surface area contributed by atoms with E-state index in [1.165, 1.54) is 4.88 Å². The fraction of sp³-hybridized carbons (Fsp3) is 0.143. The molecule has 0 aliphatic heterocycles. The third-order valence-corrected chi connectivity index (χ3v) is 4.57. The molecule has 0 amide bonds. The molecule has 0 aliphatic rings. The summed E-state index contributed by atoms with van der Waals surface area (Å²) in [4.78, 5) is 1.28. The van der Waals surface area contributed by atoms with E-state index in [1.54, 1.807) is 11.3 Å². The van der Waals surface area contributed by atoms with Crippen LogP contribution >= 0.6 is 27.3 Å². The summed E-state index contributed by atoms with van der Waals surface area (Å²) in [6.07, 6.45) is 0.825. The summed E-state index contributed by atoms with van der Waals surface area (Å²) in [6, 6.07) is 12.2. The molecule has 3 N–H and O–H groups in total. The second-order valence-electron chi connectivity index (χ2n) is 4.31. The average molecular weight is 337 g/mol. The second kappa shape index (κ2) is 5.46. The van der Waals surface area contributed by atoms with Gasteiger partial charge >= 0.3 is 0 Å². The minimum Gasteiger partial charge on any atom is -0.458 e. The van der Waals surface area contributed by atoms with Gasteiger partial charge in [0, 0.05) is 16.7 Å². The van der Waals surface area contributed by atoms with Crippen LogP contribution in [0, 0.1) is 0 Å². The second-order valence-corrected chi connectivity index (χ2v) is 6.20. The molecule has 3 rings (SSSR count). The topological polar surface area (TPSA) is 51.2 Å². The minimum absolute atomic E-state index is 0.0158. The van der Waals surface area contributed by atoms with Gasteiger partial charge in [-0.3, -0.25) is 5.84 Å². The Kier molecular flexibility index (Phi) is 3.70. The van der Waals surface area contributed by atoms with Crippen molar-refractivity contribution in [3.8, 4) is 0 Å². The van der Waals surface area contributed by atoms with Crippen molar-refractivity contribution in [3.63, 3.8) is 0 Å². The molecular weight excluding hydrogens is 324 g/mol. The molecule has 1 unspecified atom stereocenters. The van der Waals surface area contributed by atoms with Gasteiger partial charge in [0.25, 0.3) is 0 Å². The van der Waals surface area contributed by atoms with E-state index in [0.29, 0.717) is 0 Å². The highest BCUT2D eigenvalue weighted by Crippen LogP contribution is 2.31. The fourth-order valence-electron chi connectivity index (χ4n) is 2.09. The van der Waals surface area contributed by atoms with Crippen molar-refractivity contribution in [1.29, 1.82) is 0 Å². The number of hydrogen-bond acceptors (Lipinski definition) is 4. The highest BCUT2D eigenvalue weighted by atomic mass is 79.9. The first-order chi connectivity index (χ1) is 9.28. The number of nitrogens with one attached hydrogen (secondary N) is 1. The van der Waals surface area contributed by atoms with E-state index in [1.807, 2.05) is 30.3 Å². The Balaban J connectivity index is 1.95. The zero-order valence-electron chi connectivity index (χ0n) is 10.1. The van der Waals surface area contributed by atoms with Gasteiger partial charge in [0.05, 0.1) is 10.5 Å². The SMILES string of the molecule is NNC(Cc1cccs1)c1cc2cccc(Br)c2o1. The van der Waals surface area contributed by atoms with Crippen LogP contribution in [0.2, 0.25) is 0 Å². The van der Waals surface area contributed by atoms with E-state index < -0.39 is 0 Å². The van der Waals surface area contributed by atoms with Crippen molar-refractivity contribution in [2.24, 2.45) is 5.84 Å². The molecule has 1 aromatic carbocycles. The molecule has 2 heterocycles. The van der Waals surface area contributed by atoms with Crippen LogP contribution in [0.1, 0.15) is 16.7 Å². The molecule has 98 valence electrons. The molecule has 0 aliphatic carbocycles. The molecule has 2 aromatic heterocycles. The first-order valence-electron chi connectivity index (χ1n) is 5.94. The molecule has 1 atom stereocenters. The Morgan fingerprint density at radius 2 is 2.21 bits per heavy atom. The van der Waals surface area contributed by atoms with E-state index in [-0.39, 0.29) is 6.04 Å². The predicted octanol–water partition coefficient (Wildman–Crippen LogP) is 4.00. The normalized spacial score (nSPS) is 12.9. The first-order valence-corrected chi connectivity index (χ1v) is 7.61. The zero-order chi connectivity index (χ0) is 13.2. The molecule has 3 aromatic rings. The van der Waals surface area contributed by atoms with Gasteiger partial charge in [0.1, 0.15) is 11.3 Å². The van der Waals surface area contributed by atoms with E-state index in [4.69, 9.17) is 10.3 Å². The number of halogens is 1. The number of hydrogen-bond donors (Lipinski definition) is 2. The van der Waals surface area contributed by atoms with Crippen LogP contribution in [0.25, 0.3) is 11.0 Å². The van der Waals surface area contributed by atoms with Gasteiger partial charge in [0.2, 0.25) is 0 Å². The maximum absolute atomic E-state index is 5.92. The Bertz CT molecular complexity index is 678. The lowest BCUT2D eigenvalue weighted by Gasteiger charge is -2.11. The Hall–Kier alpha value is -1.14. The number of benzene rings is 1. The van der Waals surface area contributed by atoms with Crippen molar-refractivity contribution >= 4 is 38.2 Å². The lowest BCUT2D eigenvalue weighted by atomic mass is 10.1. The largest absolute Gasteiger partial charge is 0.458 e. The lowest BCUT2D eigenvalue weighted by molar-refractivity contribution is 0.435. The molecule has 0 spiro atoms. The van der Waals surface area contributed by atoms with Gasteiger partial charge in [-0.25, -0.2) is 5.43 Å². The van der Waals surface area contributed by atoms with Crippen LogP contribution < -0.4 is 11.3 Å². The van der Waals surface area contributed by atoms with Crippen molar-refractivity contribution < 1.29 is 4.42 Å². The summed E-state index contributed by atoms with van der Waals surface area (Å²) < 4.78 is 6.88. The molecule has 3 nitrogen and oxygen atoms in total. The summed E-state index contributed by atoms with van der Waals surface area (Å²) in [5, 5.41) is 3.15. The molecule has 0 fully saturated rings. The summed E-state index contributed by atoms with van der Waals surface area (Å²) in [5.74, 6) is 6.52. The summed E-state index contributed by atoms with van der Waals surface area (Å²) in [7, 11) is 0. The monoisotopic (exact) mass is 336 g/mol. The third-order valence-electron chi connectivity index (χ3n) is 3.05. The number of nitrogens with two attached hydrogens (primary N) is 1. The smallest absolute Gasteiger partial charge is 0.148 e. The number of rotatable bonds is 4. The van der Waals surface area contributed by atoms with E-state index in [9.17, 15) is 0 Å². The van der Waals surface area contributed by atoms with Crippen LogP contribution in [0.15, 0.2) is 50.7 Å². The van der Waals surface area contributed by atoms with Crippen LogP contribution in [-0.2, 0) is 6.42 Å². The number of furan rings is 1. The van der Waals surface area contributed by atoms with Crippen molar-refractivity contribution in [1.82, 2.24) is 5.43 Å². The van der Waals surface area contributed by atoms with Crippen molar-refractivity contribution in [3.05, 3.63) is 56.9 Å². The van der Waals surface area contributed by atoms with Crippen LogP contribution in [-0.4, -0.2) is 0 Å². The van der Waals surface area contributed by atoms with E-state index >= 15 is 0 Å². The number of thiophene rings is 1. The molecular formula is C14H13BrN2OS. The van der Waals surface area contributed by atoms with Gasteiger partial charge in [-0.2, -0.15) is 0 Å². The zero-order valence-corrected chi connectivity index (χ0v) is 12.5. The van der Waals surface area contributed by atoms with Gasteiger partial charge in [-0.15, -0.1) is 11.3 Å². The highest BCUT2D eigenvalue weighted by molar-refractivity contribution is 9.10.